The quantitative estimate of drug-likeness (QED) is 0.457. The monoisotopic (exact) mass is 166 g/mol. The molecule has 0 unspecified atom stereocenters. The Labute approximate surface area is 73.0 Å². The summed E-state index contributed by atoms with van der Waals surface area (Å²) >= 11 is 0. The Morgan fingerprint density at radius 2 is 1.33 bits per heavy atom. The summed E-state index contributed by atoms with van der Waals surface area (Å²) in [7, 11) is 0.0170. The summed E-state index contributed by atoms with van der Waals surface area (Å²) < 4.78 is 10.6. The summed E-state index contributed by atoms with van der Waals surface area (Å²) in [6.07, 6.45) is 4.23. The third-order valence-corrected chi connectivity index (χ3v) is 2.14. The Morgan fingerprint density at radius 1 is 0.833 bits per heavy atom. The minimum absolute atomic E-state index is 0.00852. The minimum atomic E-state index is 0.00852. The van der Waals surface area contributed by atoms with Gasteiger partial charge in [0.1, 0.15) is 0 Å². The summed E-state index contributed by atoms with van der Waals surface area (Å²) in [6, 6.07) is 0. The van der Waals surface area contributed by atoms with Crippen LogP contribution in [0.5, 0.6) is 0 Å². The molecule has 2 fully saturated rings. The van der Waals surface area contributed by atoms with Gasteiger partial charge in [0.15, 0.2) is 0 Å². The first-order valence-electron chi connectivity index (χ1n) is 4.58. The van der Waals surface area contributed by atoms with Crippen LogP contribution in [0.15, 0.2) is 10.1 Å². The molecule has 2 rings (SSSR count). The van der Waals surface area contributed by atoms with E-state index in [9.17, 15) is 0 Å². The topological polar surface area (TPSA) is 43.2 Å². The van der Waals surface area contributed by atoms with Gasteiger partial charge >= 0.3 is 14.1 Å². The van der Waals surface area contributed by atoms with E-state index in [4.69, 9.17) is 9.31 Å². The molecular formula is C6H12B2N2O2. The van der Waals surface area contributed by atoms with Crippen molar-refractivity contribution in [3.8, 4) is 0 Å². The summed E-state index contributed by atoms with van der Waals surface area (Å²) in [6.45, 7) is 1.66. The van der Waals surface area contributed by atoms with E-state index in [2.05, 4.69) is 10.1 Å². The summed E-state index contributed by atoms with van der Waals surface area (Å²) in [5.74, 6) is 0. The average molecular weight is 166 g/mol. The zero-order chi connectivity index (χ0) is 8.23. The third kappa shape index (κ3) is 2.08. The van der Waals surface area contributed by atoms with Crippen molar-refractivity contribution in [1.82, 2.24) is 0 Å². The normalized spacial score (nSPS) is 24.7. The van der Waals surface area contributed by atoms with Gasteiger partial charge in [-0.1, -0.05) is 0 Å². The molecule has 0 radical (unpaired) electrons. The van der Waals surface area contributed by atoms with Gasteiger partial charge in [-0.25, -0.2) is 10.1 Å². The maximum atomic E-state index is 5.30. The molecule has 2 heterocycles. The summed E-state index contributed by atoms with van der Waals surface area (Å²) in [5.41, 5.74) is 0. The van der Waals surface area contributed by atoms with Crippen LogP contribution in [0.3, 0.4) is 0 Å². The van der Waals surface area contributed by atoms with Gasteiger partial charge in [-0.15, -0.1) is 0 Å². The van der Waals surface area contributed by atoms with Gasteiger partial charge in [0, 0.05) is 13.2 Å². The second-order valence-corrected chi connectivity index (χ2v) is 3.17. The fourth-order valence-corrected chi connectivity index (χ4v) is 1.45. The van der Waals surface area contributed by atoms with Crippen molar-refractivity contribution in [2.24, 2.45) is 10.1 Å². The summed E-state index contributed by atoms with van der Waals surface area (Å²) in [4.78, 5) is 0. The van der Waals surface area contributed by atoms with Crippen LogP contribution < -0.4 is 0 Å². The summed E-state index contributed by atoms with van der Waals surface area (Å²) in [5, 5.41) is 8.17. The smallest absolute Gasteiger partial charge is 0.415 e. The largest absolute Gasteiger partial charge is 0.454 e. The lowest BCUT2D eigenvalue weighted by molar-refractivity contribution is 0.354. The van der Waals surface area contributed by atoms with Gasteiger partial charge in [0.2, 0.25) is 0 Å². The highest BCUT2D eigenvalue weighted by Gasteiger charge is 2.25. The van der Waals surface area contributed by atoms with Crippen LogP contribution in [0.25, 0.3) is 0 Å². The van der Waals surface area contributed by atoms with Crippen LogP contribution in [0.4, 0.5) is 0 Å². The van der Waals surface area contributed by atoms with Crippen LogP contribution in [0.1, 0.15) is 12.8 Å². The van der Waals surface area contributed by atoms with Crippen molar-refractivity contribution >= 4 is 14.1 Å². The Bertz CT molecular complexity index is 149. The van der Waals surface area contributed by atoms with Crippen molar-refractivity contribution in [2.75, 3.05) is 13.2 Å². The third-order valence-electron chi connectivity index (χ3n) is 2.14. The van der Waals surface area contributed by atoms with Crippen molar-refractivity contribution < 1.29 is 9.31 Å². The molecule has 0 aromatic rings. The highest BCUT2D eigenvalue weighted by Crippen LogP contribution is 2.14. The molecule has 4 nitrogen and oxygen atoms in total. The number of hydrogen-bond donors (Lipinski definition) is 0. The van der Waals surface area contributed by atoms with E-state index in [0.29, 0.717) is 0 Å². The molecule has 0 aromatic carbocycles. The molecule has 0 spiro atoms. The lowest BCUT2D eigenvalue weighted by Gasteiger charge is -1.97. The molecule has 0 bridgehead atoms. The average Bonchev–Trinajstić information content (AvgIpc) is 2.74. The Balaban J connectivity index is 1.75. The molecule has 0 aliphatic carbocycles. The molecule has 0 N–H and O–H groups in total. The van der Waals surface area contributed by atoms with Crippen molar-refractivity contribution in [1.29, 1.82) is 0 Å². The van der Waals surface area contributed by atoms with Crippen LogP contribution in [0, 0.1) is 0 Å². The minimum Gasteiger partial charge on any atom is -0.415 e. The molecule has 2 saturated heterocycles. The molecule has 6 heteroatoms. The first kappa shape index (κ1) is 8.26. The SMILES string of the molecule is C1COB(N=NB2CCCO2)C1. The predicted octanol–water partition coefficient (Wildman–Crippen LogP) is 1.26. The maximum absolute atomic E-state index is 5.30. The highest BCUT2D eigenvalue weighted by molar-refractivity contribution is 6.53. The van der Waals surface area contributed by atoms with E-state index in [-0.39, 0.29) is 14.1 Å². The lowest BCUT2D eigenvalue weighted by atomic mass is 9.79. The van der Waals surface area contributed by atoms with Crippen molar-refractivity contribution in [3.05, 3.63) is 0 Å². The van der Waals surface area contributed by atoms with E-state index >= 15 is 0 Å². The second-order valence-electron chi connectivity index (χ2n) is 3.17. The van der Waals surface area contributed by atoms with Crippen LogP contribution >= 0.6 is 0 Å². The van der Waals surface area contributed by atoms with Crippen LogP contribution in [0.2, 0.25) is 12.6 Å². The van der Waals surface area contributed by atoms with Gasteiger partial charge in [-0.2, -0.15) is 0 Å². The molecule has 0 aromatic heterocycles. The zero-order valence-corrected chi connectivity index (χ0v) is 7.11. The van der Waals surface area contributed by atoms with Gasteiger partial charge in [0.05, 0.1) is 0 Å². The number of nitrogens with zero attached hydrogens (tertiary/aromatic N) is 2. The Kier molecular flexibility index (Phi) is 2.79. The van der Waals surface area contributed by atoms with E-state index < -0.39 is 0 Å². The lowest BCUT2D eigenvalue weighted by Crippen LogP contribution is -2.11. The second kappa shape index (κ2) is 4.05. The van der Waals surface area contributed by atoms with Gasteiger partial charge in [-0.3, -0.25) is 0 Å². The molecule has 0 saturated carbocycles. The number of rotatable bonds is 2. The van der Waals surface area contributed by atoms with Gasteiger partial charge in [0.25, 0.3) is 0 Å². The van der Waals surface area contributed by atoms with Gasteiger partial charge in [-0.05, 0) is 25.5 Å². The first-order chi connectivity index (χ1) is 5.95. The van der Waals surface area contributed by atoms with E-state index in [1.807, 2.05) is 0 Å². The molecule has 2 aliphatic rings. The van der Waals surface area contributed by atoms with E-state index in [1.165, 1.54) is 0 Å². The first-order valence-corrected chi connectivity index (χ1v) is 4.58. The van der Waals surface area contributed by atoms with Crippen molar-refractivity contribution in [3.63, 3.8) is 0 Å². The standard InChI is InChI=1S/C6H12B2N2O2/c1-3-7(11-5-1)9-10-8-4-2-6-12-8/h1-6H2. The number of hydrogen-bond acceptors (Lipinski definition) is 4. The molecule has 0 amide bonds. The predicted molar refractivity (Wildman–Crippen MR) is 47.1 cm³/mol. The molecule has 0 atom stereocenters. The molecule has 12 heavy (non-hydrogen) atoms. The maximum Gasteiger partial charge on any atom is 0.454 e. The van der Waals surface area contributed by atoms with E-state index in [0.717, 1.165) is 38.7 Å². The van der Waals surface area contributed by atoms with Crippen LogP contribution in [-0.4, -0.2) is 27.3 Å². The molecule has 64 valence electrons. The van der Waals surface area contributed by atoms with Gasteiger partial charge < -0.3 is 9.31 Å². The Morgan fingerprint density at radius 3 is 1.67 bits per heavy atom. The fourth-order valence-electron chi connectivity index (χ4n) is 1.45. The molecular weight excluding hydrogens is 154 g/mol. The zero-order valence-electron chi connectivity index (χ0n) is 7.11. The van der Waals surface area contributed by atoms with E-state index in [1.54, 1.807) is 0 Å². The molecule has 2 aliphatic heterocycles. The van der Waals surface area contributed by atoms with Crippen molar-refractivity contribution in [2.45, 2.75) is 25.5 Å². The fraction of sp³-hybridized carbons (Fsp3) is 1.00. The Hall–Kier alpha value is -0.350. The highest BCUT2D eigenvalue weighted by atomic mass is 16.5. The van der Waals surface area contributed by atoms with Crippen LogP contribution in [-0.2, 0) is 9.31 Å².